The molecule has 2 aliphatic heterocycles. The average molecular weight is 508 g/mol. The zero-order valence-electron chi connectivity index (χ0n) is 20.0. The predicted molar refractivity (Wildman–Crippen MR) is 133 cm³/mol. The number of ether oxygens (including phenoxy) is 1. The number of hydrogen-bond acceptors (Lipinski definition) is 8. The van der Waals surface area contributed by atoms with Crippen molar-refractivity contribution < 1.29 is 17.9 Å². The Labute approximate surface area is 211 Å². The van der Waals surface area contributed by atoms with E-state index in [1.807, 2.05) is 41.4 Å². The summed E-state index contributed by atoms with van der Waals surface area (Å²) in [7, 11) is 1.72. The Kier molecular flexibility index (Phi) is 6.58. The Hall–Kier alpha value is -4.30. The van der Waals surface area contributed by atoms with Crippen molar-refractivity contribution in [3.8, 4) is 23.1 Å². The molecule has 3 aromatic rings. The fourth-order valence-corrected chi connectivity index (χ4v) is 4.36. The van der Waals surface area contributed by atoms with Crippen LogP contribution in [0.5, 0.6) is 5.75 Å². The third-order valence-electron chi connectivity index (χ3n) is 6.36. The van der Waals surface area contributed by atoms with Gasteiger partial charge in [-0.25, -0.2) is 9.97 Å². The minimum absolute atomic E-state index is 0.0837. The lowest BCUT2D eigenvalue weighted by Crippen LogP contribution is -2.31. The summed E-state index contributed by atoms with van der Waals surface area (Å²) >= 11 is 0. The number of hydrogen-bond donors (Lipinski definition) is 2. The van der Waals surface area contributed by atoms with Gasteiger partial charge < -0.3 is 9.64 Å². The number of nitriles is 1. The van der Waals surface area contributed by atoms with Gasteiger partial charge in [0.1, 0.15) is 23.3 Å². The van der Waals surface area contributed by atoms with E-state index in [0.717, 1.165) is 24.8 Å². The van der Waals surface area contributed by atoms with Gasteiger partial charge in [0.25, 0.3) is 0 Å². The molecule has 11 heteroatoms. The number of aromatic nitrogens is 2. The van der Waals surface area contributed by atoms with Crippen molar-refractivity contribution in [2.24, 2.45) is 5.92 Å². The Morgan fingerprint density at radius 3 is 2.78 bits per heavy atom. The highest BCUT2D eigenvalue weighted by Gasteiger charge is 2.35. The summed E-state index contributed by atoms with van der Waals surface area (Å²) in [5, 5.41) is 11.1. The van der Waals surface area contributed by atoms with Gasteiger partial charge in [-0.05, 0) is 55.2 Å². The van der Waals surface area contributed by atoms with Crippen molar-refractivity contribution in [2.75, 3.05) is 35.5 Å². The Morgan fingerprint density at radius 2 is 2.08 bits per heavy atom. The van der Waals surface area contributed by atoms with Gasteiger partial charge in [-0.2, -0.15) is 18.4 Å². The lowest BCUT2D eigenvalue weighted by atomic mass is 9.99. The third kappa shape index (κ3) is 5.15. The molecule has 1 atom stereocenters. The molecule has 4 heterocycles. The maximum Gasteiger partial charge on any atom is 0.419 e. The Bertz CT molecular complexity index is 1350. The minimum Gasteiger partial charge on any atom is -0.493 e. The molecule has 0 saturated heterocycles. The van der Waals surface area contributed by atoms with Crippen LogP contribution in [0.3, 0.4) is 0 Å². The first-order chi connectivity index (χ1) is 17.8. The summed E-state index contributed by atoms with van der Waals surface area (Å²) in [4.78, 5) is 10.6. The predicted octanol–water partition coefficient (Wildman–Crippen LogP) is 5.12. The number of pyridine rings is 2. The maximum absolute atomic E-state index is 14.0. The van der Waals surface area contributed by atoms with Crippen molar-refractivity contribution in [1.29, 1.82) is 5.26 Å². The van der Waals surface area contributed by atoms with Crippen LogP contribution in [0.15, 0.2) is 60.9 Å². The van der Waals surface area contributed by atoms with E-state index in [1.165, 1.54) is 12.1 Å². The van der Waals surface area contributed by atoms with Crippen LogP contribution in [-0.2, 0) is 6.18 Å². The number of nitrogens with one attached hydrogen (secondary N) is 2. The van der Waals surface area contributed by atoms with Gasteiger partial charge in [0.05, 0.1) is 23.6 Å². The number of nitrogens with zero attached hydrogens (tertiary/aromatic N) is 5. The summed E-state index contributed by atoms with van der Waals surface area (Å²) in [6.45, 7) is 0.929. The molecule has 190 valence electrons. The summed E-state index contributed by atoms with van der Waals surface area (Å²) < 4.78 is 47.5. The summed E-state index contributed by atoms with van der Waals surface area (Å²) in [5.74, 6) is 0.836. The molecule has 37 heavy (non-hydrogen) atoms. The van der Waals surface area contributed by atoms with Crippen molar-refractivity contribution in [3.63, 3.8) is 0 Å². The second-order valence-electron chi connectivity index (χ2n) is 8.78. The highest BCUT2D eigenvalue weighted by molar-refractivity contribution is 5.81. The third-order valence-corrected chi connectivity index (χ3v) is 6.36. The smallest absolute Gasteiger partial charge is 0.419 e. The molecule has 0 fully saturated rings. The topological polar surface area (TPSA) is 89.3 Å². The monoisotopic (exact) mass is 507 g/mol. The van der Waals surface area contributed by atoms with E-state index in [2.05, 4.69) is 20.9 Å². The van der Waals surface area contributed by atoms with Gasteiger partial charge in [-0.1, -0.05) is 12.1 Å². The van der Waals surface area contributed by atoms with Gasteiger partial charge in [0.15, 0.2) is 5.69 Å². The lowest BCUT2D eigenvalue weighted by Gasteiger charge is -2.27. The van der Waals surface area contributed by atoms with Crippen LogP contribution in [-0.4, -0.2) is 30.2 Å². The number of halogens is 3. The van der Waals surface area contributed by atoms with Crippen molar-refractivity contribution in [2.45, 2.75) is 19.0 Å². The minimum atomic E-state index is -4.62. The fraction of sp³-hybridized carbons (Fsp3) is 0.269. The van der Waals surface area contributed by atoms with Crippen LogP contribution in [0, 0.1) is 17.2 Å². The van der Waals surface area contributed by atoms with Crippen LogP contribution in [0.4, 0.5) is 30.4 Å². The van der Waals surface area contributed by atoms with Crippen LogP contribution in [0.25, 0.3) is 11.3 Å². The molecule has 0 spiro atoms. The van der Waals surface area contributed by atoms with E-state index in [-0.39, 0.29) is 35.2 Å². The maximum atomic E-state index is 14.0. The molecule has 2 aromatic heterocycles. The first kappa shape index (κ1) is 24.4. The molecular weight excluding hydrogens is 483 g/mol. The molecule has 2 N–H and O–H groups in total. The van der Waals surface area contributed by atoms with E-state index in [4.69, 9.17) is 4.74 Å². The van der Waals surface area contributed by atoms with Crippen molar-refractivity contribution in [3.05, 3.63) is 72.2 Å². The zero-order chi connectivity index (χ0) is 26.0. The fourth-order valence-electron chi connectivity index (χ4n) is 4.36. The van der Waals surface area contributed by atoms with Crippen LogP contribution in [0.2, 0.25) is 0 Å². The Morgan fingerprint density at radius 1 is 1.22 bits per heavy atom. The van der Waals surface area contributed by atoms with Crippen LogP contribution in [0.1, 0.15) is 24.1 Å². The van der Waals surface area contributed by atoms with Crippen molar-refractivity contribution in [1.82, 2.24) is 15.5 Å². The number of fused-ring (bicyclic) bond motifs is 1. The number of anilines is 3. The number of benzene rings is 1. The molecule has 0 bridgehead atoms. The van der Waals surface area contributed by atoms with E-state index < -0.39 is 11.7 Å². The first-order valence-electron chi connectivity index (χ1n) is 11.7. The number of allylic oxidation sites excluding steroid dienone is 1. The molecule has 0 amide bonds. The number of rotatable bonds is 6. The van der Waals surface area contributed by atoms with E-state index in [0.29, 0.717) is 17.8 Å². The average Bonchev–Trinajstić information content (AvgIpc) is 3.29. The second kappa shape index (κ2) is 9.99. The molecule has 5 rings (SSSR count). The molecule has 0 radical (unpaired) electrons. The van der Waals surface area contributed by atoms with Gasteiger partial charge in [0.2, 0.25) is 0 Å². The van der Waals surface area contributed by atoms with Crippen molar-refractivity contribution >= 4 is 17.2 Å². The van der Waals surface area contributed by atoms with Crippen LogP contribution >= 0.6 is 0 Å². The van der Waals surface area contributed by atoms with Gasteiger partial charge >= 0.3 is 6.18 Å². The molecule has 8 nitrogen and oxygen atoms in total. The number of alkyl halides is 3. The molecule has 0 saturated carbocycles. The first-order valence-corrected chi connectivity index (χ1v) is 11.7. The zero-order valence-corrected chi connectivity index (χ0v) is 20.0. The van der Waals surface area contributed by atoms with Gasteiger partial charge in [-0.15, -0.1) is 5.53 Å². The molecule has 1 aromatic carbocycles. The molecule has 1 unspecified atom stereocenters. The summed E-state index contributed by atoms with van der Waals surface area (Å²) in [6.07, 6.45) is 2.58. The summed E-state index contributed by atoms with van der Waals surface area (Å²) in [6, 6.07) is 13.2. The SMILES string of the molecule is CN1NNc2c1cc(-c1ccc(OCCC3C=CN(c4ccccn4)CC3)c(C(F)(F)F)c1)nc2C#N. The molecule has 2 aliphatic rings. The standard InChI is InChI=1S/C26H24F3N7O/c1-35-22-15-20(32-21(16-30)25(22)33-34-35)18-5-6-23(19(14-18)26(27,28)29)37-13-9-17-7-11-36(12-8-17)24-4-2-3-10-31-24/h2-7,10-11,14-15,17,33-34H,8-9,12-13H2,1H3. The summed E-state index contributed by atoms with van der Waals surface area (Å²) in [5.41, 5.74) is 6.45. The van der Waals surface area contributed by atoms with Crippen LogP contribution < -0.4 is 25.6 Å². The van der Waals surface area contributed by atoms with E-state index >= 15 is 0 Å². The Balaban J connectivity index is 1.30. The van der Waals surface area contributed by atoms with Gasteiger partial charge in [-0.3, -0.25) is 10.4 Å². The molecular formula is C26H24F3N7O. The quantitative estimate of drug-likeness (QED) is 0.475. The highest BCUT2D eigenvalue weighted by atomic mass is 19.4. The van der Waals surface area contributed by atoms with Gasteiger partial charge in [0, 0.05) is 31.6 Å². The molecule has 0 aliphatic carbocycles. The van der Waals surface area contributed by atoms with E-state index in [9.17, 15) is 18.4 Å². The largest absolute Gasteiger partial charge is 0.493 e. The lowest BCUT2D eigenvalue weighted by molar-refractivity contribution is -0.138. The van der Waals surface area contributed by atoms with E-state index in [1.54, 1.807) is 24.3 Å². The highest BCUT2D eigenvalue weighted by Crippen LogP contribution is 2.40. The normalized spacial score (nSPS) is 16.8. The second-order valence-corrected chi connectivity index (χ2v) is 8.78. The number of hydrazine groups is 2.